The van der Waals surface area contributed by atoms with Gasteiger partial charge in [-0.25, -0.2) is 0 Å². The van der Waals surface area contributed by atoms with E-state index < -0.39 is 0 Å². The van der Waals surface area contributed by atoms with Crippen LogP contribution in [0.15, 0.2) is 41.1 Å². The van der Waals surface area contributed by atoms with Crippen LogP contribution in [0.3, 0.4) is 0 Å². The van der Waals surface area contributed by atoms with Gasteiger partial charge in [-0.15, -0.1) is 0 Å². The lowest BCUT2D eigenvalue weighted by molar-refractivity contribution is -0.117. The number of aromatic nitrogens is 2. The second kappa shape index (κ2) is 6.33. The van der Waals surface area contributed by atoms with Crippen molar-refractivity contribution in [3.05, 3.63) is 41.1 Å². The summed E-state index contributed by atoms with van der Waals surface area (Å²) in [5, 5.41) is 9.41. The Morgan fingerprint density at radius 1 is 1.20 bits per heavy atom. The summed E-state index contributed by atoms with van der Waals surface area (Å²) in [6.45, 7) is 1.58. The first kappa shape index (κ1) is 14.3. The molecule has 0 atom stereocenters. The Morgan fingerprint density at radius 3 is 2.30 bits per heavy atom. The van der Waals surface area contributed by atoms with Gasteiger partial charge in [0.15, 0.2) is 0 Å². The Labute approximate surface area is 124 Å². The van der Waals surface area contributed by atoms with Gasteiger partial charge in [-0.1, -0.05) is 0 Å². The molecule has 20 heavy (non-hydrogen) atoms. The van der Waals surface area contributed by atoms with E-state index in [1.807, 2.05) is 0 Å². The molecular formula is C13H13BrN4O2. The Kier molecular flexibility index (Phi) is 4.52. The molecule has 2 amide bonds. The summed E-state index contributed by atoms with van der Waals surface area (Å²) in [7, 11) is 0. The van der Waals surface area contributed by atoms with E-state index in [1.54, 1.807) is 36.7 Å². The fourth-order valence-electron chi connectivity index (χ4n) is 1.61. The second-order valence-corrected chi connectivity index (χ2v) is 5.08. The lowest BCUT2D eigenvalue weighted by Crippen LogP contribution is -2.19. The molecule has 2 N–H and O–H groups in total. The second-order valence-electron chi connectivity index (χ2n) is 4.16. The van der Waals surface area contributed by atoms with Crippen LogP contribution in [0.25, 0.3) is 0 Å². The number of carbonyl (C=O) groups excluding carboxylic acids is 2. The minimum atomic E-state index is -0.173. The number of nitrogens with zero attached hydrogens (tertiary/aromatic N) is 2. The van der Waals surface area contributed by atoms with Crippen molar-refractivity contribution in [3.63, 3.8) is 0 Å². The molecular weight excluding hydrogens is 324 g/mol. The molecule has 0 fully saturated rings. The van der Waals surface area contributed by atoms with Gasteiger partial charge in [0, 0.05) is 24.5 Å². The van der Waals surface area contributed by atoms with Crippen LogP contribution in [0.4, 0.5) is 11.4 Å². The topological polar surface area (TPSA) is 76.0 Å². The number of anilines is 2. The highest BCUT2D eigenvalue weighted by molar-refractivity contribution is 9.10. The van der Waals surface area contributed by atoms with Gasteiger partial charge in [-0.05, 0) is 40.2 Å². The van der Waals surface area contributed by atoms with Crippen molar-refractivity contribution in [2.75, 3.05) is 10.6 Å². The minimum Gasteiger partial charge on any atom is -0.326 e. The number of halogens is 1. The summed E-state index contributed by atoms with van der Waals surface area (Å²) in [5.41, 5.74) is 1.35. The molecule has 0 spiro atoms. The maximum Gasteiger partial charge on any atom is 0.246 e. The molecule has 0 bridgehead atoms. The molecule has 0 aliphatic rings. The fourth-order valence-corrected chi connectivity index (χ4v) is 1.94. The van der Waals surface area contributed by atoms with Crippen LogP contribution < -0.4 is 10.6 Å². The van der Waals surface area contributed by atoms with E-state index in [2.05, 4.69) is 31.7 Å². The van der Waals surface area contributed by atoms with E-state index in [-0.39, 0.29) is 18.4 Å². The number of carbonyl (C=O) groups is 2. The third-order valence-electron chi connectivity index (χ3n) is 2.40. The first-order valence-corrected chi connectivity index (χ1v) is 6.68. The predicted molar refractivity (Wildman–Crippen MR) is 79.3 cm³/mol. The molecule has 0 saturated carbocycles. The third kappa shape index (κ3) is 4.20. The standard InChI is InChI=1S/C13H13BrN4O2/c1-9(19)16-11-2-4-12(5-3-11)17-13(20)8-18-7-10(14)6-15-18/h2-7H,8H2,1H3,(H,16,19)(H,17,20). The number of benzene rings is 1. The maximum absolute atomic E-state index is 11.8. The summed E-state index contributed by atoms with van der Waals surface area (Å²) in [6, 6.07) is 6.90. The molecule has 0 aliphatic heterocycles. The van der Waals surface area contributed by atoms with Crippen molar-refractivity contribution in [1.29, 1.82) is 0 Å². The molecule has 1 aromatic heterocycles. The van der Waals surface area contributed by atoms with Crippen molar-refractivity contribution in [1.82, 2.24) is 9.78 Å². The lowest BCUT2D eigenvalue weighted by Gasteiger charge is -2.07. The average molecular weight is 337 g/mol. The molecule has 1 aromatic carbocycles. The van der Waals surface area contributed by atoms with Crippen LogP contribution in [-0.2, 0) is 16.1 Å². The number of hydrogen-bond donors (Lipinski definition) is 2. The van der Waals surface area contributed by atoms with Gasteiger partial charge in [-0.2, -0.15) is 5.10 Å². The normalized spacial score (nSPS) is 10.1. The Balaban J connectivity index is 1.92. The van der Waals surface area contributed by atoms with Crippen LogP contribution in [0.1, 0.15) is 6.92 Å². The predicted octanol–water partition coefficient (Wildman–Crippen LogP) is 2.24. The maximum atomic E-state index is 11.8. The molecule has 104 valence electrons. The Bertz CT molecular complexity index is 622. The van der Waals surface area contributed by atoms with Crippen molar-refractivity contribution >= 4 is 39.1 Å². The van der Waals surface area contributed by atoms with Gasteiger partial charge >= 0.3 is 0 Å². The summed E-state index contributed by atoms with van der Waals surface area (Å²) in [4.78, 5) is 22.7. The third-order valence-corrected chi connectivity index (χ3v) is 2.81. The largest absolute Gasteiger partial charge is 0.326 e. The molecule has 7 heteroatoms. The minimum absolute atomic E-state index is 0.133. The van der Waals surface area contributed by atoms with E-state index in [0.717, 1.165) is 4.47 Å². The number of rotatable bonds is 4. The van der Waals surface area contributed by atoms with Crippen molar-refractivity contribution < 1.29 is 9.59 Å². The van der Waals surface area contributed by atoms with E-state index >= 15 is 0 Å². The SMILES string of the molecule is CC(=O)Nc1ccc(NC(=O)Cn2cc(Br)cn2)cc1. The molecule has 0 unspecified atom stereocenters. The van der Waals surface area contributed by atoms with Crippen molar-refractivity contribution in [2.45, 2.75) is 13.5 Å². The van der Waals surface area contributed by atoms with Gasteiger partial charge in [-0.3, -0.25) is 14.3 Å². The zero-order valence-electron chi connectivity index (χ0n) is 10.8. The molecule has 2 aromatic rings. The molecule has 2 rings (SSSR count). The highest BCUT2D eigenvalue weighted by Crippen LogP contribution is 2.13. The zero-order valence-corrected chi connectivity index (χ0v) is 12.3. The molecule has 0 saturated heterocycles. The van der Waals surface area contributed by atoms with Crippen LogP contribution in [0.5, 0.6) is 0 Å². The van der Waals surface area contributed by atoms with Gasteiger partial charge < -0.3 is 10.6 Å². The van der Waals surface area contributed by atoms with E-state index in [9.17, 15) is 9.59 Å². The smallest absolute Gasteiger partial charge is 0.246 e. The molecule has 0 aliphatic carbocycles. The summed E-state index contributed by atoms with van der Waals surface area (Å²) >= 11 is 3.27. The fraction of sp³-hybridized carbons (Fsp3) is 0.154. The zero-order chi connectivity index (χ0) is 14.5. The summed E-state index contributed by atoms with van der Waals surface area (Å²) in [6.07, 6.45) is 3.34. The van der Waals surface area contributed by atoms with Crippen molar-refractivity contribution in [2.24, 2.45) is 0 Å². The monoisotopic (exact) mass is 336 g/mol. The van der Waals surface area contributed by atoms with Crippen LogP contribution in [-0.4, -0.2) is 21.6 Å². The summed E-state index contributed by atoms with van der Waals surface area (Å²) < 4.78 is 2.36. The van der Waals surface area contributed by atoms with Gasteiger partial charge in [0.1, 0.15) is 6.54 Å². The van der Waals surface area contributed by atoms with Crippen LogP contribution in [0, 0.1) is 0 Å². The van der Waals surface area contributed by atoms with Gasteiger partial charge in [0.25, 0.3) is 0 Å². The van der Waals surface area contributed by atoms with Gasteiger partial charge in [0.2, 0.25) is 11.8 Å². The number of hydrogen-bond acceptors (Lipinski definition) is 3. The number of amides is 2. The highest BCUT2D eigenvalue weighted by atomic mass is 79.9. The van der Waals surface area contributed by atoms with E-state index in [4.69, 9.17) is 0 Å². The summed E-state index contributed by atoms with van der Waals surface area (Å²) in [5.74, 6) is -0.307. The first-order chi connectivity index (χ1) is 9.52. The lowest BCUT2D eigenvalue weighted by atomic mass is 10.2. The first-order valence-electron chi connectivity index (χ1n) is 5.88. The highest BCUT2D eigenvalue weighted by Gasteiger charge is 2.05. The average Bonchev–Trinajstić information content (AvgIpc) is 2.76. The van der Waals surface area contributed by atoms with Gasteiger partial charge in [0.05, 0.1) is 10.7 Å². The van der Waals surface area contributed by atoms with E-state index in [1.165, 1.54) is 11.6 Å². The van der Waals surface area contributed by atoms with Crippen LogP contribution in [0.2, 0.25) is 0 Å². The molecule has 6 nitrogen and oxygen atoms in total. The molecule has 1 heterocycles. The Hall–Kier alpha value is -2.15. The number of nitrogens with one attached hydrogen (secondary N) is 2. The van der Waals surface area contributed by atoms with E-state index in [0.29, 0.717) is 11.4 Å². The van der Waals surface area contributed by atoms with Crippen molar-refractivity contribution in [3.8, 4) is 0 Å². The Morgan fingerprint density at radius 2 is 1.80 bits per heavy atom. The molecule has 0 radical (unpaired) electrons. The quantitative estimate of drug-likeness (QED) is 0.898. The van der Waals surface area contributed by atoms with Crippen LogP contribution >= 0.6 is 15.9 Å².